The van der Waals surface area contributed by atoms with E-state index in [2.05, 4.69) is 75.6 Å². The minimum Gasteiger partial charge on any atom is -0.381 e. The molecule has 106 valence electrons. The molecule has 0 spiro atoms. The van der Waals surface area contributed by atoms with Crippen LogP contribution in [0.15, 0.2) is 65.7 Å². The van der Waals surface area contributed by atoms with Gasteiger partial charge in [-0.15, -0.1) is 0 Å². The summed E-state index contributed by atoms with van der Waals surface area (Å²) in [6.45, 7) is 2.92. The van der Waals surface area contributed by atoms with Crippen molar-refractivity contribution < 1.29 is 0 Å². The summed E-state index contributed by atoms with van der Waals surface area (Å²) < 4.78 is 3.10. The molecule has 0 aliphatic rings. The van der Waals surface area contributed by atoms with Gasteiger partial charge in [-0.05, 0) is 48.4 Å². The summed E-state index contributed by atoms with van der Waals surface area (Å²) in [5.74, 6) is 0. The van der Waals surface area contributed by atoms with Crippen LogP contribution in [0.1, 0.15) is 11.1 Å². The molecule has 3 nitrogen and oxygen atoms in total. The molecular formula is C17H16BrN3. The van der Waals surface area contributed by atoms with Crippen LogP contribution < -0.4 is 5.32 Å². The van der Waals surface area contributed by atoms with Crippen molar-refractivity contribution in [1.82, 2.24) is 9.55 Å². The van der Waals surface area contributed by atoms with E-state index in [1.54, 1.807) is 12.5 Å². The quantitative estimate of drug-likeness (QED) is 0.754. The normalized spacial score (nSPS) is 10.6. The molecular weight excluding hydrogens is 326 g/mol. The van der Waals surface area contributed by atoms with Crippen molar-refractivity contribution in [3.05, 3.63) is 76.8 Å². The zero-order valence-electron chi connectivity index (χ0n) is 11.8. The van der Waals surface area contributed by atoms with Crippen LogP contribution in [0.25, 0.3) is 5.69 Å². The summed E-state index contributed by atoms with van der Waals surface area (Å²) in [4.78, 5) is 4.06. The number of halogens is 1. The highest BCUT2D eigenvalue weighted by Crippen LogP contribution is 2.20. The van der Waals surface area contributed by atoms with Gasteiger partial charge in [-0.1, -0.05) is 28.1 Å². The van der Waals surface area contributed by atoms with Gasteiger partial charge in [0.25, 0.3) is 0 Å². The van der Waals surface area contributed by atoms with Gasteiger partial charge >= 0.3 is 0 Å². The Kier molecular flexibility index (Phi) is 4.06. The SMILES string of the molecule is Cc1cc(Br)ccc1NCc1ccc(-n2ccnc2)cc1. The number of aryl methyl sites for hydroxylation is 1. The van der Waals surface area contributed by atoms with Crippen molar-refractivity contribution in [2.24, 2.45) is 0 Å². The maximum Gasteiger partial charge on any atom is 0.0991 e. The number of anilines is 1. The van der Waals surface area contributed by atoms with Crippen LogP contribution in [0.2, 0.25) is 0 Å². The van der Waals surface area contributed by atoms with E-state index < -0.39 is 0 Å². The maximum absolute atomic E-state index is 4.06. The molecule has 1 N–H and O–H groups in total. The largest absolute Gasteiger partial charge is 0.381 e. The van der Waals surface area contributed by atoms with E-state index in [4.69, 9.17) is 0 Å². The van der Waals surface area contributed by atoms with Gasteiger partial charge in [0.15, 0.2) is 0 Å². The number of rotatable bonds is 4. The number of imidazole rings is 1. The highest BCUT2D eigenvalue weighted by molar-refractivity contribution is 9.10. The zero-order valence-corrected chi connectivity index (χ0v) is 13.3. The van der Waals surface area contributed by atoms with E-state index in [9.17, 15) is 0 Å². The van der Waals surface area contributed by atoms with Gasteiger partial charge in [0.1, 0.15) is 0 Å². The summed E-state index contributed by atoms with van der Waals surface area (Å²) in [6.07, 6.45) is 5.53. The minimum atomic E-state index is 0.812. The molecule has 0 bridgehead atoms. The average molecular weight is 342 g/mol. The highest BCUT2D eigenvalue weighted by atomic mass is 79.9. The molecule has 0 unspecified atom stereocenters. The van der Waals surface area contributed by atoms with Crippen LogP contribution in [0.3, 0.4) is 0 Å². The number of benzene rings is 2. The Hall–Kier alpha value is -2.07. The lowest BCUT2D eigenvalue weighted by molar-refractivity contribution is 1.05. The van der Waals surface area contributed by atoms with Crippen molar-refractivity contribution >= 4 is 21.6 Å². The molecule has 21 heavy (non-hydrogen) atoms. The summed E-state index contributed by atoms with van der Waals surface area (Å²) >= 11 is 3.48. The first-order chi connectivity index (χ1) is 10.2. The molecule has 0 aliphatic carbocycles. The number of nitrogens with zero attached hydrogens (tertiary/aromatic N) is 2. The molecule has 0 saturated heterocycles. The Morgan fingerprint density at radius 3 is 2.62 bits per heavy atom. The van der Waals surface area contributed by atoms with Crippen LogP contribution in [0, 0.1) is 6.92 Å². The molecule has 0 radical (unpaired) electrons. The molecule has 3 aromatic rings. The number of hydrogen-bond donors (Lipinski definition) is 1. The van der Waals surface area contributed by atoms with Gasteiger partial charge in [-0.3, -0.25) is 0 Å². The molecule has 0 atom stereocenters. The second-order valence-electron chi connectivity index (χ2n) is 4.95. The predicted octanol–water partition coefficient (Wildman–Crippen LogP) is 4.56. The summed E-state index contributed by atoms with van der Waals surface area (Å²) in [5, 5.41) is 3.47. The third-order valence-electron chi connectivity index (χ3n) is 3.41. The fourth-order valence-electron chi connectivity index (χ4n) is 2.22. The van der Waals surface area contributed by atoms with Crippen molar-refractivity contribution in [3.8, 4) is 5.69 Å². The third-order valence-corrected chi connectivity index (χ3v) is 3.90. The monoisotopic (exact) mass is 341 g/mol. The van der Waals surface area contributed by atoms with E-state index in [0.29, 0.717) is 0 Å². The lowest BCUT2D eigenvalue weighted by Crippen LogP contribution is -2.01. The smallest absolute Gasteiger partial charge is 0.0991 e. The topological polar surface area (TPSA) is 29.9 Å². The third kappa shape index (κ3) is 3.34. The molecule has 0 fully saturated rings. The molecule has 0 amide bonds. The fraction of sp³-hybridized carbons (Fsp3) is 0.118. The van der Waals surface area contributed by atoms with Crippen molar-refractivity contribution in [1.29, 1.82) is 0 Å². The van der Waals surface area contributed by atoms with Gasteiger partial charge in [0.2, 0.25) is 0 Å². The molecule has 4 heteroatoms. The first kappa shape index (κ1) is 13.9. The minimum absolute atomic E-state index is 0.812. The van der Waals surface area contributed by atoms with Crippen LogP contribution >= 0.6 is 15.9 Å². The Morgan fingerprint density at radius 2 is 1.95 bits per heavy atom. The molecule has 1 aromatic heterocycles. The van der Waals surface area contributed by atoms with Crippen molar-refractivity contribution in [2.75, 3.05) is 5.32 Å². The van der Waals surface area contributed by atoms with E-state index >= 15 is 0 Å². The van der Waals surface area contributed by atoms with Crippen molar-refractivity contribution in [2.45, 2.75) is 13.5 Å². The molecule has 1 heterocycles. The average Bonchev–Trinajstić information content (AvgIpc) is 3.01. The van der Waals surface area contributed by atoms with Crippen LogP contribution in [-0.4, -0.2) is 9.55 Å². The van der Waals surface area contributed by atoms with E-state index in [1.807, 2.05) is 10.8 Å². The second kappa shape index (κ2) is 6.14. The van der Waals surface area contributed by atoms with E-state index in [-0.39, 0.29) is 0 Å². The predicted molar refractivity (Wildman–Crippen MR) is 89.8 cm³/mol. The fourth-order valence-corrected chi connectivity index (χ4v) is 2.70. The van der Waals surface area contributed by atoms with Gasteiger partial charge in [0.05, 0.1) is 6.33 Å². The number of nitrogens with one attached hydrogen (secondary N) is 1. The zero-order chi connectivity index (χ0) is 14.7. The Morgan fingerprint density at radius 1 is 1.14 bits per heavy atom. The molecule has 3 rings (SSSR count). The van der Waals surface area contributed by atoms with Crippen LogP contribution in [0.5, 0.6) is 0 Å². The summed E-state index contributed by atoms with van der Waals surface area (Å²) in [5.41, 5.74) is 4.77. The maximum atomic E-state index is 4.06. The molecule has 2 aromatic carbocycles. The van der Waals surface area contributed by atoms with E-state index in [0.717, 1.165) is 22.4 Å². The van der Waals surface area contributed by atoms with Gasteiger partial charge in [0, 0.05) is 34.8 Å². The second-order valence-corrected chi connectivity index (χ2v) is 5.86. The Balaban J connectivity index is 1.68. The first-order valence-corrected chi connectivity index (χ1v) is 7.59. The van der Waals surface area contributed by atoms with Crippen LogP contribution in [0.4, 0.5) is 5.69 Å². The number of aromatic nitrogens is 2. The Labute approximate surface area is 132 Å². The Bertz CT molecular complexity index is 718. The number of hydrogen-bond acceptors (Lipinski definition) is 2. The lowest BCUT2D eigenvalue weighted by Gasteiger charge is -2.10. The van der Waals surface area contributed by atoms with Crippen LogP contribution in [-0.2, 0) is 6.54 Å². The highest BCUT2D eigenvalue weighted by Gasteiger charge is 2.00. The first-order valence-electron chi connectivity index (χ1n) is 6.80. The van der Waals surface area contributed by atoms with Crippen molar-refractivity contribution in [3.63, 3.8) is 0 Å². The molecule has 0 aliphatic heterocycles. The van der Waals surface area contributed by atoms with E-state index in [1.165, 1.54) is 11.1 Å². The van der Waals surface area contributed by atoms with Gasteiger partial charge in [-0.2, -0.15) is 0 Å². The standard InChI is InChI=1S/C17H16BrN3/c1-13-10-15(18)4-7-17(13)20-11-14-2-5-16(6-3-14)21-9-8-19-12-21/h2-10,12,20H,11H2,1H3. The van der Waals surface area contributed by atoms with Gasteiger partial charge < -0.3 is 9.88 Å². The summed E-state index contributed by atoms with van der Waals surface area (Å²) in [6, 6.07) is 14.7. The lowest BCUT2D eigenvalue weighted by atomic mass is 10.1. The van der Waals surface area contributed by atoms with Gasteiger partial charge in [-0.25, -0.2) is 4.98 Å². The molecule has 0 saturated carbocycles. The summed E-state index contributed by atoms with van der Waals surface area (Å²) in [7, 11) is 0.